The molecule has 0 fully saturated rings. The van der Waals surface area contributed by atoms with Crippen LogP contribution in [0.4, 0.5) is 30.4 Å². The first kappa shape index (κ1) is 15.4. The van der Waals surface area contributed by atoms with E-state index in [9.17, 15) is 13.2 Å². The zero-order valence-corrected chi connectivity index (χ0v) is 12.9. The highest BCUT2D eigenvalue weighted by molar-refractivity contribution is 6.18. The lowest BCUT2D eigenvalue weighted by Gasteiger charge is -2.14. The predicted molar refractivity (Wildman–Crippen MR) is 90.7 cm³/mol. The highest BCUT2D eigenvalue weighted by Crippen LogP contribution is 2.37. The lowest BCUT2D eigenvalue weighted by atomic mass is 9.99. The van der Waals surface area contributed by atoms with Crippen LogP contribution in [0, 0.1) is 0 Å². The van der Waals surface area contributed by atoms with E-state index in [1.54, 1.807) is 18.3 Å². The molecule has 0 bridgehead atoms. The molecule has 0 saturated heterocycles. The van der Waals surface area contributed by atoms with Crippen molar-refractivity contribution in [1.29, 1.82) is 0 Å². The maximum absolute atomic E-state index is 13.1. The number of hydrogen-bond donors (Lipinski definition) is 1. The molecule has 1 N–H and O–H groups in total. The van der Waals surface area contributed by atoms with E-state index in [2.05, 4.69) is 15.3 Å². The van der Waals surface area contributed by atoms with Gasteiger partial charge in [-0.1, -0.05) is 36.4 Å². The maximum Gasteiger partial charge on any atom is 0.416 e. The van der Waals surface area contributed by atoms with Crippen molar-refractivity contribution in [3.05, 3.63) is 83.6 Å². The summed E-state index contributed by atoms with van der Waals surface area (Å²) < 4.78 is 39.3. The molecule has 0 amide bonds. The molecule has 124 valence electrons. The van der Waals surface area contributed by atoms with Crippen molar-refractivity contribution in [2.24, 2.45) is 4.99 Å². The van der Waals surface area contributed by atoms with Gasteiger partial charge in [0.1, 0.15) is 5.69 Å². The van der Waals surface area contributed by atoms with Gasteiger partial charge >= 0.3 is 6.18 Å². The summed E-state index contributed by atoms with van der Waals surface area (Å²) in [5.41, 5.74) is 2.20. The number of alkyl halides is 3. The summed E-state index contributed by atoms with van der Waals surface area (Å²) in [5.74, 6) is 0.425. The number of anilines is 2. The summed E-state index contributed by atoms with van der Waals surface area (Å²) in [7, 11) is 0. The van der Waals surface area contributed by atoms with Gasteiger partial charge in [-0.05, 0) is 24.3 Å². The summed E-state index contributed by atoms with van der Waals surface area (Å²) in [6, 6.07) is 16.5. The fourth-order valence-corrected chi connectivity index (χ4v) is 2.74. The van der Waals surface area contributed by atoms with E-state index >= 15 is 0 Å². The zero-order valence-electron chi connectivity index (χ0n) is 12.9. The molecular weight excluding hydrogens is 327 g/mol. The SMILES string of the molecule is FC(F)(F)c1ccc2c(c1)Nc1ncccc1N=C2c1ccccc1. The molecular formula is C19H12F3N3. The quantitative estimate of drug-likeness (QED) is 0.509. The van der Waals surface area contributed by atoms with Crippen LogP contribution in [0.2, 0.25) is 0 Å². The molecule has 0 unspecified atom stereocenters. The Morgan fingerprint density at radius 3 is 2.44 bits per heavy atom. The smallest absolute Gasteiger partial charge is 0.338 e. The summed E-state index contributed by atoms with van der Waals surface area (Å²) >= 11 is 0. The Morgan fingerprint density at radius 1 is 0.880 bits per heavy atom. The second-order valence-corrected chi connectivity index (χ2v) is 5.58. The molecule has 0 atom stereocenters. The number of benzene rings is 2. The van der Waals surface area contributed by atoms with Gasteiger partial charge in [-0.2, -0.15) is 13.2 Å². The fourth-order valence-electron chi connectivity index (χ4n) is 2.74. The number of halogens is 3. The van der Waals surface area contributed by atoms with E-state index < -0.39 is 11.7 Å². The van der Waals surface area contributed by atoms with Crippen LogP contribution in [0.15, 0.2) is 71.9 Å². The number of pyridine rings is 1. The fraction of sp³-hybridized carbons (Fsp3) is 0.0526. The number of hydrogen-bond acceptors (Lipinski definition) is 3. The van der Waals surface area contributed by atoms with E-state index in [1.165, 1.54) is 6.07 Å². The Labute approximate surface area is 141 Å². The molecule has 1 aliphatic rings. The number of fused-ring (bicyclic) bond motifs is 2. The third-order valence-electron chi connectivity index (χ3n) is 3.92. The van der Waals surface area contributed by atoms with Crippen molar-refractivity contribution in [3.63, 3.8) is 0 Å². The average Bonchev–Trinajstić information content (AvgIpc) is 2.77. The molecule has 25 heavy (non-hydrogen) atoms. The molecule has 1 aromatic heterocycles. The molecule has 0 radical (unpaired) electrons. The van der Waals surface area contributed by atoms with E-state index in [0.29, 0.717) is 28.5 Å². The van der Waals surface area contributed by atoms with Gasteiger partial charge in [0.05, 0.1) is 11.3 Å². The van der Waals surface area contributed by atoms with Gasteiger partial charge in [0, 0.05) is 23.0 Å². The van der Waals surface area contributed by atoms with Gasteiger partial charge in [0.15, 0.2) is 5.82 Å². The van der Waals surface area contributed by atoms with Crippen molar-refractivity contribution in [2.45, 2.75) is 6.18 Å². The van der Waals surface area contributed by atoms with Crippen molar-refractivity contribution in [2.75, 3.05) is 5.32 Å². The van der Waals surface area contributed by atoms with Crippen LogP contribution in [-0.4, -0.2) is 10.7 Å². The van der Waals surface area contributed by atoms with Gasteiger partial charge in [0.2, 0.25) is 0 Å². The van der Waals surface area contributed by atoms with Crippen LogP contribution in [0.5, 0.6) is 0 Å². The van der Waals surface area contributed by atoms with Crippen LogP contribution in [0.1, 0.15) is 16.7 Å². The molecule has 2 heterocycles. The summed E-state index contributed by atoms with van der Waals surface area (Å²) in [6.45, 7) is 0. The second-order valence-electron chi connectivity index (χ2n) is 5.58. The van der Waals surface area contributed by atoms with Gasteiger partial charge in [-0.3, -0.25) is 0 Å². The van der Waals surface area contributed by atoms with Gasteiger partial charge in [-0.15, -0.1) is 0 Å². The van der Waals surface area contributed by atoms with Crippen molar-refractivity contribution >= 4 is 22.9 Å². The molecule has 4 rings (SSSR count). The Hall–Kier alpha value is -3.15. The third-order valence-corrected chi connectivity index (χ3v) is 3.92. The zero-order chi connectivity index (χ0) is 17.4. The second kappa shape index (κ2) is 5.73. The van der Waals surface area contributed by atoms with Crippen LogP contribution < -0.4 is 5.32 Å². The van der Waals surface area contributed by atoms with E-state index in [-0.39, 0.29) is 0 Å². The molecule has 1 aliphatic heterocycles. The number of nitrogens with zero attached hydrogens (tertiary/aromatic N) is 2. The Morgan fingerprint density at radius 2 is 1.68 bits per heavy atom. The lowest BCUT2D eigenvalue weighted by molar-refractivity contribution is -0.137. The molecule has 0 spiro atoms. The minimum atomic E-state index is -4.42. The van der Waals surface area contributed by atoms with E-state index in [4.69, 9.17) is 0 Å². The highest BCUT2D eigenvalue weighted by atomic mass is 19.4. The summed E-state index contributed by atoms with van der Waals surface area (Å²) in [5, 5.41) is 2.99. The minimum Gasteiger partial charge on any atom is -0.338 e. The standard InChI is InChI=1S/C19H12F3N3/c20-19(21,22)13-8-9-14-16(11-13)25-18-15(7-4-10-23-18)24-17(14)12-5-2-1-3-6-12/h1-11H,(H,23,25). The van der Waals surface area contributed by atoms with Crippen LogP contribution >= 0.6 is 0 Å². The van der Waals surface area contributed by atoms with Crippen molar-refractivity contribution < 1.29 is 13.2 Å². The van der Waals surface area contributed by atoms with Crippen LogP contribution in [-0.2, 0) is 6.18 Å². The topological polar surface area (TPSA) is 37.3 Å². The lowest BCUT2D eigenvalue weighted by Crippen LogP contribution is -2.09. The first-order valence-corrected chi connectivity index (χ1v) is 7.60. The number of aromatic nitrogens is 1. The molecule has 3 aromatic rings. The highest BCUT2D eigenvalue weighted by Gasteiger charge is 2.32. The number of rotatable bonds is 1. The van der Waals surface area contributed by atoms with Crippen molar-refractivity contribution in [1.82, 2.24) is 4.98 Å². The number of nitrogens with one attached hydrogen (secondary N) is 1. The van der Waals surface area contributed by atoms with Crippen LogP contribution in [0.3, 0.4) is 0 Å². The largest absolute Gasteiger partial charge is 0.416 e. The van der Waals surface area contributed by atoms with Crippen LogP contribution in [0.25, 0.3) is 0 Å². The normalized spacial score (nSPS) is 13.2. The predicted octanol–water partition coefficient (Wildman–Crippen LogP) is 5.33. The molecule has 2 aromatic carbocycles. The summed E-state index contributed by atoms with van der Waals surface area (Å²) in [6.07, 6.45) is -2.85. The van der Waals surface area contributed by atoms with Gasteiger partial charge < -0.3 is 5.32 Å². The van der Waals surface area contributed by atoms with Gasteiger partial charge in [-0.25, -0.2) is 9.98 Å². The Kier molecular flexibility index (Phi) is 3.53. The summed E-state index contributed by atoms with van der Waals surface area (Å²) in [4.78, 5) is 8.85. The Bertz CT molecular complexity index is 963. The minimum absolute atomic E-state index is 0.329. The average molecular weight is 339 g/mol. The third kappa shape index (κ3) is 2.87. The first-order valence-electron chi connectivity index (χ1n) is 7.60. The van der Waals surface area contributed by atoms with Gasteiger partial charge in [0.25, 0.3) is 0 Å². The molecule has 3 nitrogen and oxygen atoms in total. The van der Waals surface area contributed by atoms with E-state index in [1.807, 2.05) is 30.3 Å². The Balaban J connectivity index is 1.96. The maximum atomic E-state index is 13.1. The monoisotopic (exact) mass is 339 g/mol. The molecule has 0 saturated carbocycles. The molecule has 0 aliphatic carbocycles. The number of aliphatic imine (C=N–C) groups is 1. The van der Waals surface area contributed by atoms with E-state index in [0.717, 1.165) is 17.7 Å². The molecule has 6 heteroatoms. The first-order chi connectivity index (χ1) is 12.0. The van der Waals surface area contributed by atoms with Crippen molar-refractivity contribution in [3.8, 4) is 0 Å².